The van der Waals surface area contributed by atoms with Gasteiger partial charge in [0.25, 0.3) is 5.69 Å². The van der Waals surface area contributed by atoms with Gasteiger partial charge in [-0.05, 0) is 33.3 Å². The topological polar surface area (TPSA) is 85.1 Å². The summed E-state index contributed by atoms with van der Waals surface area (Å²) in [4.78, 5) is 14.0. The predicted octanol–water partition coefficient (Wildman–Crippen LogP) is 2.10. The third kappa shape index (κ3) is 3.85. The van der Waals surface area contributed by atoms with Gasteiger partial charge in [0.2, 0.25) is 0 Å². The lowest BCUT2D eigenvalue weighted by atomic mass is 10.1. The van der Waals surface area contributed by atoms with E-state index in [9.17, 15) is 14.3 Å². The minimum Gasteiger partial charge on any atom is -0.258 e. The number of hydrogen-bond donors (Lipinski definition) is 1. The molecule has 0 unspecified atom stereocenters. The Morgan fingerprint density at radius 1 is 1.44 bits per heavy atom. The summed E-state index contributed by atoms with van der Waals surface area (Å²) in [6.07, 6.45) is 2.72. The Hall–Kier alpha value is -1.34. The molecule has 1 aromatic heterocycles. The van der Waals surface area contributed by atoms with Gasteiger partial charge in [-0.25, -0.2) is 8.93 Å². The van der Waals surface area contributed by atoms with Gasteiger partial charge in [0.1, 0.15) is 6.20 Å². The van der Waals surface area contributed by atoms with E-state index in [1.54, 1.807) is 6.92 Å². The molecule has 0 saturated heterocycles. The summed E-state index contributed by atoms with van der Waals surface area (Å²) in [6.45, 7) is 7.36. The number of hydrogen-bond acceptors (Lipinski definition) is 4. The lowest BCUT2D eigenvalue weighted by molar-refractivity contribution is -0.385. The third-order valence-electron chi connectivity index (χ3n) is 2.30. The molecule has 0 amide bonds. The summed E-state index contributed by atoms with van der Waals surface area (Å²) in [5, 5.41) is 10.6. The van der Waals surface area contributed by atoms with Gasteiger partial charge >= 0.3 is 0 Å². The Bertz CT molecular complexity index is 471. The first-order valence-electron chi connectivity index (χ1n) is 5.49. The maximum atomic E-state index is 11.9. The van der Waals surface area contributed by atoms with E-state index < -0.39 is 15.9 Å². The molecule has 0 aliphatic carbocycles. The molecular weight excluding hydrogens is 254 g/mol. The van der Waals surface area contributed by atoms with Gasteiger partial charge < -0.3 is 0 Å². The summed E-state index contributed by atoms with van der Waals surface area (Å²) in [5.41, 5.74) is 0.574. The zero-order chi connectivity index (χ0) is 13.9. The van der Waals surface area contributed by atoms with Crippen LogP contribution in [0.3, 0.4) is 0 Å². The highest BCUT2D eigenvalue weighted by atomic mass is 32.2. The van der Waals surface area contributed by atoms with Gasteiger partial charge in [-0.1, -0.05) is 0 Å². The summed E-state index contributed by atoms with van der Waals surface area (Å²) in [6, 6.07) is 1.17. The molecule has 7 heteroatoms. The first kappa shape index (κ1) is 14.7. The highest BCUT2D eigenvalue weighted by Crippen LogP contribution is 2.19. The standard InChI is InChI=1S/C11H17N3O3S/c1-8(13-18(17)11(2,3)4)9-5-10(14(15)16)7-12-6-9/h5-8,13H,1-4H3/t8-,18-/m1/s1. The third-order valence-corrected chi connectivity index (χ3v) is 3.98. The van der Waals surface area contributed by atoms with E-state index >= 15 is 0 Å². The molecule has 0 bridgehead atoms. The first-order chi connectivity index (χ1) is 8.21. The maximum Gasteiger partial charge on any atom is 0.287 e. The van der Waals surface area contributed by atoms with Crippen molar-refractivity contribution in [2.24, 2.45) is 0 Å². The molecule has 1 N–H and O–H groups in total. The van der Waals surface area contributed by atoms with Gasteiger partial charge in [-0.3, -0.25) is 15.1 Å². The van der Waals surface area contributed by atoms with Crippen molar-refractivity contribution in [3.63, 3.8) is 0 Å². The molecule has 18 heavy (non-hydrogen) atoms. The number of pyridine rings is 1. The number of nitro groups is 1. The number of nitrogens with one attached hydrogen (secondary N) is 1. The van der Waals surface area contributed by atoms with Crippen molar-refractivity contribution in [2.45, 2.75) is 38.5 Å². The van der Waals surface area contributed by atoms with E-state index in [4.69, 9.17) is 0 Å². The average molecular weight is 271 g/mol. The highest BCUT2D eigenvalue weighted by molar-refractivity contribution is 7.84. The summed E-state index contributed by atoms with van der Waals surface area (Å²) in [5.74, 6) is 0. The fourth-order valence-electron chi connectivity index (χ4n) is 1.19. The van der Waals surface area contributed by atoms with Crippen molar-refractivity contribution in [3.8, 4) is 0 Å². The molecule has 1 rings (SSSR count). The maximum absolute atomic E-state index is 11.9. The molecule has 6 nitrogen and oxygen atoms in total. The van der Waals surface area contributed by atoms with Crippen LogP contribution in [0.1, 0.15) is 39.3 Å². The van der Waals surface area contributed by atoms with Crippen LogP contribution in [-0.2, 0) is 11.0 Å². The molecule has 0 aromatic carbocycles. The molecule has 1 aromatic rings. The Morgan fingerprint density at radius 3 is 2.56 bits per heavy atom. The van der Waals surface area contributed by atoms with E-state index in [0.29, 0.717) is 5.56 Å². The van der Waals surface area contributed by atoms with Gasteiger partial charge in [-0.15, -0.1) is 0 Å². The fraction of sp³-hybridized carbons (Fsp3) is 0.545. The predicted molar refractivity (Wildman–Crippen MR) is 70.3 cm³/mol. The second-order valence-corrected chi connectivity index (χ2v) is 6.95. The Morgan fingerprint density at radius 2 is 2.06 bits per heavy atom. The van der Waals surface area contributed by atoms with Crippen molar-refractivity contribution in [1.29, 1.82) is 0 Å². The molecule has 0 spiro atoms. The van der Waals surface area contributed by atoms with Crippen molar-refractivity contribution in [1.82, 2.24) is 9.71 Å². The van der Waals surface area contributed by atoms with Crippen LogP contribution in [0.4, 0.5) is 5.69 Å². The van der Waals surface area contributed by atoms with Crippen LogP contribution in [-0.4, -0.2) is 18.9 Å². The van der Waals surface area contributed by atoms with E-state index in [1.165, 1.54) is 18.5 Å². The molecule has 0 aliphatic rings. The minimum absolute atomic E-state index is 0.0670. The van der Waals surface area contributed by atoms with Gasteiger partial charge in [-0.2, -0.15) is 0 Å². The average Bonchev–Trinajstić information content (AvgIpc) is 2.27. The Kier molecular flexibility index (Phi) is 4.53. The zero-order valence-corrected chi connectivity index (χ0v) is 11.7. The molecule has 0 fully saturated rings. The van der Waals surface area contributed by atoms with Crippen LogP contribution in [0, 0.1) is 10.1 Å². The SMILES string of the molecule is C[C@@H](N[S@](=O)C(C)(C)C)c1cncc([N+](=O)[O-])c1. The number of nitrogens with zero attached hydrogens (tertiary/aromatic N) is 2. The molecule has 2 atom stereocenters. The summed E-state index contributed by atoms with van der Waals surface area (Å²) in [7, 11) is -1.23. The van der Waals surface area contributed by atoms with Crippen molar-refractivity contribution >= 4 is 16.7 Å². The minimum atomic E-state index is -1.23. The van der Waals surface area contributed by atoms with Gasteiger partial charge in [0, 0.05) is 18.3 Å². The normalized spacial score (nSPS) is 15.1. The zero-order valence-electron chi connectivity index (χ0n) is 10.8. The number of rotatable bonds is 4. The molecule has 1 heterocycles. The van der Waals surface area contributed by atoms with Gasteiger partial charge in [0.15, 0.2) is 0 Å². The fourth-order valence-corrected chi connectivity index (χ4v) is 2.00. The Labute approximate surface area is 109 Å². The summed E-state index contributed by atoms with van der Waals surface area (Å²) >= 11 is 0. The van der Waals surface area contributed by atoms with Gasteiger partial charge in [0.05, 0.1) is 20.7 Å². The van der Waals surface area contributed by atoms with Crippen LogP contribution in [0.25, 0.3) is 0 Å². The quantitative estimate of drug-likeness (QED) is 0.671. The lowest BCUT2D eigenvalue weighted by Crippen LogP contribution is -2.34. The lowest BCUT2D eigenvalue weighted by Gasteiger charge is -2.21. The monoisotopic (exact) mass is 271 g/mol. The molecule has 0 aliphatic heterocycles. The van der Waals surface area contributed by atoms with E-state index in [0.717, 1.165) is 0 Å². The van der Waals surface area contributed by atoms with Crippen molar-refractivity contribution < 1.29 is 9.13 Å². The van der Waals surface area contributed by atoms with Crippen LogP contribution in [0.2, 0.25) is 0 Å². The summed E-state index contributed by atoms with van der Waals surface area (Å²) < 4.78 is 14.4. The van der Waals surface area contributed by atoms with E-state index in [-0.39, 0.29) is 16.5 Å². The van der Waals surface area contributed by atoms with Crippen LogP contribution >= 0.6 is 0 Å². The van der Waals surface area contributed by atoms with Crippen LogP contribution in [0.5, 0.6) is 0 Å². The number of aromatic nitrogens is 1. The molecular formula is C11H17N3O3S. The molecule has 100 valence electrons. The highest BCUT2D eigenvalue weighted by Gasteiger charge is 2.22. The molecule has 0 saturated carbocycles. The van der Waals surface area contributed by atoms with E-state index in [1.807, 2.05) is 20.8 Å². The second-order valence-electron chi connectivity index (χ2n) is 4.95. The van der Waals surface area contributed by atoms with E-state index in [2.05, 4.69) is 9.71 Å². The largest absolute Gasteiger partial charge is 0.287 e. The van der Waals surface area contributed by atoms with Crippen LogP contribution < -0.4 is 4.72 Å². The van der Waals surface area contributed by atoms with Crippen LogP contribution in [0.15, 0.2) is 18.5 Å². The molecule has 0 radical (unpaired) electrons. The van der Waals surface area contributed by atoms with Crippen molar-refractivity contribution in [3.05, 3.63) is 34.1 Å². The second kappa shape index (κ2) is 5.53. The first-order valence-corrected chi connectivity index (χ1v) is 6.64. The Balaban J connectivity index is 2.85. The smallest absolute Gasteiger partial charge is 0.258 e. The van der Waals surface area contributed by atoms with Crippen molar-refractivity contribution in [2.75, 3.05) is 0 Å².